The first-order chi connectivity index (χ1) is 21.1. The van der Waals surface area contributed by atoms with Gasteiger partial charge in [-0.3, -0.25) is 9.78 Å². The Hall–Kier alpha value is -4.56. The van der Waals surface area contributed by atoms with E-state index in [1.807, 2.05) is 41.4 Å². The van der Waals surface area contributed by atoms with Crippen molar-refractivity contribution in [1.29, 1.82) is 0 Å². The maximum Gasteiger partial charge on any atom is 0.335 e. The fourth-order valence-corrected chi connectivity index (χ4v) is 6.79. The summed E-state index contributed by atoms with van der Waals surface area (Å²) in [5.74, 6) is -0.625. The number of nitrogens with zero attached hydrogens (tertiary/aromatic N) is 4. The van der Waals surface area contributed by atoms with Gasteiger partial charge in [0.2, 0.25) is 5.91 Å². The van der Waals surface area contributed by atoms with Crippen LogP contribution in [-0.4, -0.2) is 62.7 Å². The minimum Gasteiger partial charge on any atom is -0.478 e. The monoisotopic (exact) mass is 574 g/mol. The zero-order valence-electron chi connectivity index (χ0n) is 24.0. The lowest BCUT2D eigenvalue weighted by Crippen LogP contribution is -2.42. The zero-order valence-corrected chi connectivity index (χ0v) is 24.0. The van der Waals surface area contributed by atoms with Crippen molar-refractivity contribution in [1.82, 2.24) is 19.4 Å². The molecule has 2 aliphatic rings. The van der Waals surface area contributed by atoms with Gasteiger partial charge >= 0.3 is 5.97 Å². The van der Waals surface area contributed by atoms with Crippen LogP contribution >= 0.6 is 0 Å². The van der Waals surface area contributed by atoms with Crippen molar-refractivity contribution in [2.45, 2.75) is 44.6 Å². The molecule has 1 amide bonds. The van der Waals surface area contributed by atoms with Crippen molar-refractivity contribution in [2.75, 3.05) is 26.3 Å². The number of ether oxygens (including phenoxy) is 1. The Morgan fingerprint density at radius 3 is 2.53 bits per heavy atom. The van der Waals surface area contributed by atoms with Crippen molar-refractivity contribution in [2.24, 2.45) is 0 Å². The van der Waals surface area contributed by atoms with E-state index < -0.39 is 5.97 Å². The molecule has 1 N–H and O–H groups in total. The van der Waals surface area contributed by atoms with E-state index in [0.29, 0.717) is 32.2 Å². The van der Waals surface area contributed by atoms with Gasteiger partial charge in [0.25, 0.3) is 0 Å². The highest BCUT2D eigenvalue weighted by atomic mass is 16.5. The van der Waals surface area contributed by atoms with Crippen molar-refractivity contribution in [3.63, 3.8) is 0 Å². The van der Waals surface area contributed by atoms with Gasteiger partial charge in [-0.1, -0.05) is 37.5 Å². The minimum atomic E-state index is -0.976. The number of hydrogen-bond donors (Lipinski definition) is 1. The Kier molecular flexibility index (Phi) is 7.37. The van der Waals surface area contributed by atoms with Crippen LogP contribution in [0, 0.1) is 0 Å². The Morgan fingerprint density at radius 2 is 1.77 bits per heavy atom. The number of aromatic carboxylic acids is 1. The second-order valence-electron chi connectivity index (χ2n) is 11.6. The second kappa shape index (κ2) is 11.6. The molecule has 43 heavy (non-hydrogen) atoms. The number of aromatic nitrogens is 3. The summed E-state index contributed by atoms with van der Waals surface area (Å²) in [6.07, 6.45) is 9.27. The van der Waals surface area contributed by atoms with Crippen LogP contribution in [0.25, 0.3) is 44.3 Å². The van der Waals surface area contributed by atoms with Crippen LogP contribution in [0.1, 0.15) is 53.9 Å². The molecular weight excluding hydrogens is 540 g/mol. The summed E-state index contributed by atoms with van der Waals surface area (Å²) in [7, 11) is 0. The molecule has 218 valence electrons. The lowest BCUT2D eigenvalue weighted by molar-refractivity contribution is -0.135. The van der Waals surface area contributed by atoms with E-state index in [2.05, 4.69) is 27.8 Å². The Morgan fingerprint density at radius 1 is 0.930 bits per heavy atom. The molecule has 1 aliphatic carbocycles. The summed E-state index contributed by atoms with van der Waals surface area (Å²) in [6, 6.07) is 19.7. The van der Waals surface area contributed by atoms with Crippen LogP contribution in [0.4, 0.5) is 0 Å². The zero-order chi connectivity index (χ0) is 29.3. The first kappa shape index (κ1) is 27.3. The fourth-order valence-electron chi connectivity index (χ4n) is 6.79. The molecule has 1 saturated carbocycles. The highest BCUT2D eigenvalue weighted by Crippen LogP contribution is 2.45. The van der Waals surface area contributed by atoms with E-state index in [-0.39, 0.29) is 18.0 Å². The SMILES string of the molecule is O=C(O)c1ccc2c(C3CCCCC3)c(-c3ccc4nc(-c5cccnc5)ccc4c3)n(CC(=O)N3CCOCC3)c2c1. The molecule has 0 atom stereocenters. The highest BCUT2D eigenvalue weighted by molar-refractivity contribution is 6.00. The van der Waals surface area contributed by atoms with E-state index in [0.717, 1.165) is 70.0 Å². The summed E-state index contributed by atoms with van der Waals surface area (Å²) >= 11 is 0. The molecule has 7 rings (SSSR count). The molecule has 3 aromatic heterocycles. The number of pyridine rings is 2. The standard InChI is InChI=1S/C35H34N4O4/c40-32(38-15-17-43-18-16-38)22-39-31-20-26(35(41)42)8-11-28(31)33(23-5-2-1-3-6-23)34(39)25-10-13-29-24(19-25)9-12-30(37-29)27-7-4-14-36-21-27/h4,7-14,19-21,23H,1-3,5-6,15-18,22H2,(H,41,42). The minimum absolute atomic E-state index is 0.0148. The number of hydrogen-bond acceptors (Lipinski definition) is 5. The van der Waals surface area contributed by atoms with Crippen molar-refractivity contribution in [3.8, 4) is 22.5 Å². The number of benzene rings is 2. The predicted molar refractivity (Wildman–Crippen MR) is 166 cm³/mol. The molecule has 8 nitrogen and oxygen atoms in total. The highest BCUT2D eigenvalue weighted by Gasteiger charge is 2.29. The normalized spacial score (nSPS) is 16.1. The van der Waals surface area contributed by atoms with E-state index in [4.69, 9.17) is 9.72 Å². The molecule has 2 fully saturated rings. The summed E-state index contributed by atoms with van der Waals surface area (Å²) in [5.41, 5.74) is 6.95. The van der Waals surface area contributed by atoms with Gasteiger partial charge in [-0.15, -0.1) is 0 Å². The molecule has 5 aromatic rings. The fraction of sp³-hybridized carbons (Fsp3) is 0.314. The third-order valence-corrected chi connectivity index (χ3v) is 8.94. The Labute approximate surface area is 249 Å². The smallest absolute Gasteiger partial charge is 0.335 e. The van der Waals surface area contributed by atoms with Gasteiger partial charge in [0.05, 0.1) is 41.2 Å². The van der Waals surface area contributed by atoms with Crippen LogP contribution < -0.4 is 0 Å². The molecule has 0 spiro atoms. The van der Waals surface area contributed by atoms with E-state index >= 15 is 0 Å². The number of carboxylic acids is 1. The van der Waals surface area contributed by atoms with Crippen LogP contribution in [0.5, 0.6) is 0 Å². The first-order valence-electron chi connectivity index (χ1n) is 15.1. The van der Waals surface area contributed by atoms with E-state index in [1.165, 1.54) is 12.0 Å². The Balaban J connectivity index is 1.41. The quantitative estimate of drug-likeness (QED) is 0.248. The summed E-state index contributed by atoms with van der Waals surface area (Å²) in [5, 5.41) is 11.9. The topological polar surface area (TPSA) is 97.5 Å². The van der Waals surface area contributed by atoms with Crippen LogP contribution in [0.3, 0.4) is 0 Å². The van der Waals surface area contributed by atoms with Gasteiger partial charge in [0.1, 0.15) is 6.54 Å². The van der Waals surface area contributed by atoms with Gasteiger partial charge in [0, 0.05) is 41.8 Å². The van der Waals surface area contributed by atoms with E-state index in [9.17, 15) is 14.7 Å². The molecular formula is C35H34N4O4. The van der Waals surface area contributed by atoms with Gasteiger partial charge in [-0.05, 0) is 72.4 Å². The number of carboxylic acid groups (broad SMARTS) is 1. The summed E-state index contributed by atoms with van der Waals surface area (Å²) < 4.78 is 7.56. The average molecular weight is 575 g/mol. The first-order valence-corrected chi connectivity index (χ1v) is 15.1. The molecule has 0 unspecified atom stereocenters. The maximum absolute atomic E-state index is 13.7. The largest absolute Gasteiger partial charge is 0.478 e. The summed E-state index contributed by atoms with van der Waals surface area (Å²) in [4.78, 5) is 36.8. The second-order valence-corrected chi connectivity index (χ2v) is 11.6. The number of rotatable bonds is 6. The lowest BCUT2D eigenvalue weighted by Gasteiger charge is -2.28. The number of amides is 1. The number of morpholine rings is 1. The molecule has 2 aromatic carbocycles. The van der Waals surface area contributed by atoms with E-state index in [1.54, 1.807) is 18.3 Å². The molecule has 0 radical (unpaired) electrons. The number of carbonyl (C=O) groups excluding carboxylic acids is 1. The molecule has 0 bridgehead atoms. The van der Waals surface area contributed by atoms with Crippen molar-refractivity contribution >= 4 is 33.7 Å². The lowest BCUT2D eigenvalue weighted by atomic mass is 9.81. The third-order valence-electron chi connectivity index (χ3n) is 8.94. The Bertz CT molecular complexity index is 1820. The van der Waals surface area contributed by atoms with Crippen LogP contribution in [-0.2, 0) is 16.1 Å². The van der Waals surface area contributed by atoms with Crippen LogP contribution in [0.2, 0.25) is 0 Å². The molecule has 8 heteroatoms. The maximum atomic E-state index is 13.7. The van der Waals surface area contributed by atoms with Crippen LogP contribution in [0.15, 0.2) is 73.1 Å². The van der Waals surface area contributed by atoms with Gasteiger partial charge in [-0.25, -0.2) is 9.78 Å². The van der Waals surface area contributed by atoms with Gasteiger partial charge < -0.3 is 19.3 Å². The van der Waals surface area contributed by atoms with Gasteiger partial charge in [-0.2, -0.15) is 0 Å². The average Bonchev–Trinajstić information content (AvgIpc) is 3.38. The molecule has 1 saturated heterocycles. The summed E-state index contributed by atoms with van der Waals surface area (Å²) in [6.45, 7) is 2.31. The number of fused-ring (bicyclic) bond motifs is 2. The van der Waals surface area contributed by atoms with Crippen molar-refractivity contribution in [3.05, 3.63) is 84.2 Å². The predicted octanol–water partition coefficient (Wildman–Crippen LogP) is 6.52. The molecule has 1 aliphatic heterocycles. The molecule has 4 heterocycles. The number of carbonyl (C=O) groups is 2. The van der Waals surface area contributed by atoms with Crippen molar-refractivity contribution < 1.29 is 19.4 Å². The third kappa shape index (κ3) is 5.27. The van der Waals surface area contributed by atoms with Gasteiger partial charge in [0.15, 0.2) is 0 Å².